The first-order valence-electron chi connectivity index (χ1n) is 11.5. The molecular weight excluding hydrogens is 464 g/mol. The molecule has 0 spiro atoms. The van der Waals surface area contributed by atoms with E-state index in [1.54, 1.807) is 18.3 Å². The van der Waals surface area contributed by atoms with Crippen molar-refractivity contribution < 1.29 is 9.53 Å². The number of anilines is 2. The second-order valence-corrected chi connectivity index (χ2v) is 8.35. The Morgan fingerprint density at radius 2 is 1.70 bits per heavy atom. The number of ether oxygens (including phenoxy) is 1. The number of nitriles is 1. The number of aldehydes is 1. The fraction of sp³-hybridized carbons (Fsp3) is 0.103. The molecule has 0 fully saturated rings. The zero-order valence-electron chi connectivity index (χ0n) is 20.5. The lowest BCUT2D eigenvalue weighted by molar-refractivity contribution is 0.112. The lowest BCUT2D eigenvalue weighted by atomic mass is 9.91. The molecule has 0 radical (unpaired) electrons. The molecule has 0 bridgehead atoms. The number of benzene rings is 2. The summed E-state index contributed by atoms with van der Waals surface area (Å²) in [5, 5.41) is 13.6. The van der Waals surface area contributed by atoms with Crippen LogP contribution in [0.1, 0.15) is 27.3 Å². The molecule has 37 heavy (non-hydrogen) atoms. The summed E-state index contributed by atoms with van der Waals surface area (Å²) in [4.78, 5) is 29.3. The van der Waals surface area contributed by atoms with E-state index in [4.69, 9.17) is 4.74 Å². The summed E-state index contributed by atoms with van der Waals surface area (Å²) in [6.07, 6.45) is 2.40. The Kier molecular flexibility index (Phi) is 6.27. The van der Waals surface area contributed by atoms with Crippen LogP contribution in [0.15, 0.2) is 66.9 Å². The highest BCUT2D eigenvalue weighted by molar-refractivity contribution is 5.89. The molecule has 5 rings (SSSR count). The van der Waals surface area contributed by atoms with Gasteiger partial charge in [0.25, 0.3) is 0 Å². The van der Waals surface area contributed by atoms with Crippen molar-refractivity contribution in [3.8, 4) is 34.3 Å². The molecule has 0 unspecified atom stereocenters. The minimum Gasteiger partial charge on any atom is -0.480 e. The van der Waals surface area contributed by atoms with Gasteiger partial charge >= 0.3 is 0 Å². The van der Waals surface area contributed by atoms with Crippen LogP contribution in [0, 0.1) is 25.2 Å². The van der Waals surface area contributed by atoms with Crippen molar-refractivity contribution in [3.63, 3.8) is 0 Å². The highest BCUT2D eigenvalue weighted by Gasteiger charge is 2.17. The predicted molar refractivity (Wildman–Crippen MR) is 142 cm³/mol. The number of nitrogens with zero attached hydrogens (tertiary/aromatic N) is 5. The molecule has 0 aliphatic rings. The first kappa shape index (κ1) is 23.6. The minimum atomic E-state index is 0.213. The number of fused-ring (bicyclic) bond motifs is 1. The Morgan fingerprint density at radius 3 is 2.49 bits per heavy atom. The highest BCUT2D eigenvalue weighted by atomic mass is 16.5. The number of hydrogen-bond donors (Lipinski definition) is 1. The molecule has 3 aromatic heterocycles. The van der Waals surface area contributed by atoms with E-state index in [1.807, 2.05) is 62.4 Å². The molecule has 0 atom stereocenters. The summed E-state index contributed by atoms with van der Waals surface area (Å²) in [6, 6.07) is 21.0. The van der Waals surface area contributed by atoms with Gasteiger partial charge in [0.2, 0.25) is 5.88 Å². The number of pyridine rings is 2. The van der Waals surface area contributed by atoms with Gasteiger partial charge in [-0.1, -0.05) is 30.3 Å². The van der Waals surface area contributed by atoms with Gasteiger partial charge in [0.05, 0.1) is 29.4 Å². The summed E-state index contributed by atoms with van der Waals surface area (Å²) in [6.45, 7) is 3.84. The fourth-order valence-electron chi connectivity index (χ4n) is 4.33. The first-order chi connectivity index (χ1) is 18.0. The van der Waals surface area contributed by atoms with Crippen molar-refractivity contribution in [1.29, 1.82) is 5.26 Å². The van der Waals surface area contributed by atoms with E-state index in [0.29, 0.717) is 45.8 Å². The number of carbonyl (C=O) groups is 1. The topological polar surface area (TPSA) is 114 Å². The average molecular weight is 487 g/mol. The molecule has 0 aliphatic heterocycles. The van der Waals surface area contributed by atoms with Crippen molar-refractivity contribution in [2.75, 3.05) is 12.4 Å². The van der Waals surface area contributed by atoms with Gasteiger partial charge in [0.1, 0.15) is 17.4 Å². The Bertz CT molecular complexity index is 1710. The van der Waals surface area contributed by atoms with E-state index in [2.05, 4.69) is 31.3 Å². The summed E-state index contributed by atoms with van der Waals surface area (Å²) >= 11 is 0. The monoisotopic (exact) mass is 486 g/mol. The number of hydrogen-bond acceptors (Lipinski definition) is 8. The van der Waals surface area contributed by atoms with Gasteiger partial charge in [-0.2, -0.15) is 5.26 Å². The lowest BCUT2D eigenvalue weighted by Crippen LogP contribution is -2.02. The number of nitrogens with one attached hydrogen (secondary N) is 1. The predicted octanol–water partition coefficient (Wildman–Crippen LogP) is 5.81. The van der Waals surface area contributed by atoms with E-state index in [0.717, 1.165) is 27.9 Å². The number of methoxy groups -OCH3 is 1. The third-order valence-electron chi connectivity index (χ3n) is 6.11. The molecule has 1 N–H and O–H groups in total. The van der Waals surface area contributed by atoms with Crippen LogP contribution in [0.25, 0.3) is 33.4 Å². The van der Waals surface area contributed by atoms with E-state index in [9.17, 15) is 10.1 Å². The van der Waals surface area contributed by atoms with Crippen molar-refractivity contribution >= 4 is 28.8 Å². The van der Waals surface area contributed by atoms with Crippen LogP contribution in [0.5, 0.6) is 5.88 Å². The third kappa shape index (κ3) is 4.34. The van der Waals surface area contributed by atoms with Gasteiger partial charge in [0, 0.05) is 23.0 Å². The maximum absolute atomic E-state index is 11.3. The van der Waals surface area contributed by atoms with Crippen molar-refractivity contribution in [1.82, 2.24) is 19.9 Å². The second-order valence-electron chi connectivity index (χ2n) is 8.35. The molecule has 0 saturated carbocycles. The van der Waals surface area contributed by atoms with Crippen LogP contribution in [0.3, 0.4) is 0 Å². The second kappa shape index (κ2) is 9.84. The third-order valence-corrected chi connectivity index (χ3v) is 6.11. The smallest absolute Gasteiger partial charge is 0.224 e. The number of aromatic nitrogens is 4. The van der Waals surface area contributed by atoms with Gasteiger partial charge in [0.15, 0.2) is 12.1 Å². The Morgan fingerprint density at radius 1 is 0.919 bits per heavy atom. The summed E-state index contributed by atoms with van der Waals surface area (Å²) < 4.78 is 5.27. The Hall–Kier alpha value is -5.16. The van der Waals surface area contributed by atoms with Crippen LogP contribution >= 0.6 is 0 Å². The van der Waals surface area contributed by atoms with Gasteiger partial charge in [-0.25, -0.2) is 15.0 Å². The largest absolute Gasteiger partial charge is 0.480 e. The molecule has 5 aromatic rings. The zero-order chi connectivity index (χ0) is 25.9. The normalized spacial score (nSPS) is 10.6. The lowest BCUT2D eigenvalue weighted by Gasteiger charge is -2.16. The van der Waals surface area contributed by atoms with Crippen LogP contribution in [0.4, 0.5) is 11.5 Å². The number of rotatable bonds is 6. The quantitative estimate of drug-likeness (QED) is 0.299. The van der Waals surface area contributed by atoms with E-state index >= 15 is 0 Å². The maximum Gasteiger partial charge on any atom is 0.224 e. The van der Waals surface area contributed by atoms with E-state index in [-0.39, 0.29) is 5.88 Å². The van der Waals surface area contributed by atoms with Crippen molar-refractivity contribution in [2.24, 2.45) is 0 Å². The molecule has 2 aromatic carbocycles. The van der Waals surface area contributed by atoms with E-state index in [1.165, 1.54) is 7.11 Å². The van der Waals surface area contributed by atoms with Gasteiger partial charge in [-0.15, -0.1) is 0 Å². The van der Waals surface area contributed by atoms with Crippen molar-refractivity contribution in [2.45, 2.75) is 13.8 Å². The van der Waals surface area contributed by atoms with Crippen LogP contribution < -0.4 is 10.1 Å². The Balaban J connectivity index is 1.61. The SMILES string of the molecule is COc1nc(-c2cccc(-c3cccc(Nc4nc(C)nc5cccnc45)c3C)c2C#N)ccc1C=O. The molecule has 0 saturated heterocycles. The average Bonchev–Trinajstić information content (AvgIpc) is 2.93. The van der Waals surface area contributed by atoms with Gasteiger partial charge in [-0.3, -0.25) is 9.78 Å². The summed E-state index contributed by atoms with van der Waals surface area (Å²) in [5.41, 5.74) is 6.89. The molecule has 8 heteroatoms. The van der Waals surface area contributed by atoms with Crippen LogP contribution in [-0.2, 0) is 0 Å². The minimum absolute atomic E-state index is 0.213. The molecular formula is C29H22N6O2. The summed E-state index contributed by atoms with van der Waals surface area (Å²) in [5.74, 6) is 1.47. The highest BCUT2D eigenvalue weighted by Crippen LogP contribution is 2.36. The van der Waals surface area contributed by atoms with E-state index < -0.39 is 0 Å². The molecule has 0 aliphatic carbocycles. The van der Waals surface area contributed by atoms with Gasteiger partial charge < -0.3 is 10.1 Å². The number of aryl methyl sites for hydroxylation is 1. The standard InChI is InChI=1S/C29H22N6O2/c1-17-20(7-5-10-24(17)34-28-27-26(11-6-14-31-27)32-18(2)33-28)21-8-4-9-22(23(21)15-30)25-13-12-19(16-36)29(35-25)37-3/h4-14,16H,1-3H3,(H,32,33,34). The van der Waals surface area contributed by atoms with Crippen LogP contribution in [-0.4, -0.2) is 33.3 Å². The molecule has 0 amide bonds. The summed E-state index contributed by atoms with van der Waals surface area (Å²) in [7, 11) is 1.46. The number of carbonyl (C=O) groups excluding carboxylic acids is 1. The van der Waals surface area contributed by atoms with Crippen LogP contribution in [0.2, 0.25) is 0 Å². The molecule has 3 heterocycles. The first-order valence-corrected chi connectivity index (χ1v) is 11.5. The molecule has 180 valence electrons. The fourth-order valence-corrected chi connectivity index (χ4v) is 4.33. The molecule has 8 nitrogen and oxygen atoms in total. The Labute approximate surface area is 213 Å². The van der Waals surface area contributed by atoms with Gasteiger partial charge in [-0.05, 0) is 55.3 Å². The zero-order valence-corrected chi connectivity index (χ0v) is 20.5. The van der Waals surface area contributed by atoms with Crippen molar-refractivity contribution in [3.05, 3.63) is 89.4 Å². The maximum atomic E-state index is 11.3.